The number of nitrogens with zero attached hydrogens (tertiary/aromatic N) is 1. The minimum atomic E-state index is -0.424. The number of hydrogen-bond donors (Lipinski definition) is 0. The van der Waals surface area contributed by atoms with Crippen LogP contribution in [0.25, 0.3) is 0 Å². The van der Waals surface area contributed by atoms with Crippen molar-refractivity contribution in [3.63, 3.8) is 0 Å². The molecule has 2 rings (SSSR count). The van der Waals surface area contributed by atoms with E-state index >= 15 is 0 Å². The number of carbonyl (C=O) groups is 1. The smallest absolute Gasteiger partial charge is 0.410 e. The predicted octanol–water partition coefficient (Wildman–Crippen LogP) is 2.56. The lowest BCUT2D eigenvalue weighted by Gasteiger charge is -2.31. The van der Waals surface area contributed by atoms with Crippen molar-refractivity contribution in [1.29, 1.82) is 0 Å². The van der Waals surface area contributed by atoms with E-state index in [0.29, 0.717) is 0 Å². The molecule has 98 valence electrons. The van der Waals surface area contributed by atoms with Crippen molar-refractivity contribution in [3.8, 4) is 0 Å². The molecule has 3 atom stereocenters. The molecular formula is C13H23NO3. The third-order valence-corrected chi connectivity index (χ3v) is 3.51. The third kappa shape index (κ3) is 2.57. The molecule has 0 N–H and O–H groups in total. The topological polar surface area (TPSA) is 38.8 Å². The van der Waals surface area contributed by atoms with Crippen LogP contribution in [0.15, 0.2) is 0 Å². The molecule has 4 heteroatoms. The van der Waals surface area contributed by atoms with Gasteiger partial charge in [-0.1, -0.05) is 6.92 Å². The second-order valence-corrected chi connectivity index (χ2v) is 5.95. The van der Waals surface area contributed by atoms with Crippen LogP contribution in [0.2, 0.25) is 0 Å². The van der Waals surface area contributed by atoms with Crippen molar-refractivity contribution in [3.05, 3.63) is 0 Å². The van der Waals surface area contributed by atoms with E-state index in [0.717, 1.165) is 25.9 Å². The third-order valence-electron chi connectivity index (χ3n) is 3.51. The summed E-state index contributed by atoms with van der Waals surface area (Å²) in [4.78, 5) is 14.1. The van der Waals surface area contributed by atoms with Crippen molar-refractivity contribution in [2.45, 2.75) is 70.7 Å². The standard InChI is InChI=1S/C13H23NO3/c1-5-9-8-11-10(6-7-16-11)14(9)12(15)17-13(2,3)4/h9-11H,5-8H2,1-4H3/t9?,10-,11-/m1/s1. The van der Waals surface area contributed by atoms with Gasteiger partial charge in [0.05, 0.1) is 12.1 Å². The van der Waals surface area contributed by atoms with Gasteiger partial charge in [-0.2, -0.15) is 0 Å². The zero-order valence-electron chi connectivity index (χ0n) is 11.2. The van der Waals surface area contributed by atoms with Gasteiger partial charge in [0.25, 0.3) is 0 Å². The number of ether oxygens (including phenoxy) is 2. The second kappa shape index (κ2) is 4.48. The van der Waals surface area contributed by atoms with Gasteiger partial charge in [-0.05, 0) is 40.0 Å². The average Bonchev–Trinajstić information content (AvgIpc) is 2.71. The first-order valence-electron chi connectivity index (χ1n) is 6.55. The normalized spacial score (nSPS) is 32.7. The molecule has 0 aromatic heterocycles. The number of carbonyl (C=O) groups excluding carboxylic acids is 1. The van der Waals surface area contributed by atoms with E-state index < -0.39 is 5.60 Å². The van der Waals surface area contributed by atoms with Crippen molar-refractivity contribution in [2.24, 2.45) is 0 Å². The van der Waals surface area contributed by atoms with E-state index in [-0.39, 0.29) is 24.3 Å². The molecule has 2 heterocycles. The fraction of sp³-hybridized carbons (Fsp3) is 0.923. The maximum Gasteiger partial charge on any atom is 0.410 e. The Morgan fingerprint density at radius 2 is 2.18 bits per heavy atom. The molecule has 2 saturated heterocycles. The maximum absolute atomic E-state index is 12.2. The van der Waals surface area contributed by atoms with Crippen LogP contribution in [0.3, 0.4) is 0 Å². The molecule has 1 unspecified atom stereocenters. The van der Waals surface area contributed by atoms with E-state index in [9.17, 15) is 4.79 Å². The van der Waals surface area contributed by atoms with Gasteiger partial charge >= 0.3 is 6.09 Å². The SMILES string of the molecule is CCC1C[C@H]2OCC[C@H]2N1C(=O)OC(C)(C)C. The largest absolute Gasteiger partial charge is 0.444 e. The maximum atomic E-state index is 12.2. The summed E-state index contributed by atoms with van der Waals surface area (Å²) in [5.74, 6) is 0. The molecule has 2 fully saturated rings. The first kappa shape index (κ1) is 12.7. The highest BCUT2D eigenvalue weighted by Gasteiger charge is 2.47. The zero-order valence-corrected chi connectivity index (χ0v) is 11.2. The summed E-state index contributed by atoms with van der Waals surface area (Å²) in [6.45, 7) is 8.60. The molecule has 0 radical (unpaired) electrons. The van der Waals surface area contributed by atoms with Gasteiger partial charge in [0.1, 0.15) is 5.60 Å². The number of rotatable bonds is 1. The van der Waals surface area contributed by atoms with Gasteiger partial charge in [-0.25, -0.2) is 4.79 Å². The number of likely N-dealkylation sites (tertiary alicyclic amines) is 1. The quantitative estimate of drug-likeness (QED) is 0.708. The van der Waals surface area contributed by atoms with E-state index in [4.69, 9.17) is 9.47 Å². The molecule has 0 aromatic carbocycles. The first-order valence-corrected chi connectivity index (χ1v) is 6.55. The highest BCUT2D eigenvalue weighted by Crippen LogP contribution is 2.35. The highest BCUT2D eigenvalue weighted by molar-refractivity contribution is 5.69. The summed E-state index contributed by atoms with van der Waals surface area (Å²) in [6.07, 6.45) is 2.92. The fourth-order valence-corrected chi connectivity index (χ4v) is 2.80. The summed E-state index contributed by atoms with van der Waals surface area (Å²) in [6, 6.07) is 0.509. The van der Waals surface area contributed by atoms with Gasteiger partial charge in [-0.3, -0.25) is 4.90 Å². The van der Waals surface area contributed by atoms with Crippen LogP contribution in [0.5, 0.6) is 0 Å². The van der Waals surface area contributed by atoms with Crippen LogP contribution >= 0.6 is 0 Å². The summed E-state index contributed by atoms with van der Waals surface area (Å²) < 4.78 is 11.2. The van der Waals surface area contributed by atoms with Crippen LogP contribution in [0.1, 0.15) is 47.0 Å². The Morgan fingerprint density at radius 1 is 1.47 bits per heavy atom. The van der Waals surface area contributed by atoms with Crippen molar-refractivity contribution in [2.75, 3.05) is 6.61 Å². The monoisotopic (exact) mass is 241 g/mol. The molecule has 0 bridgehead atoms. The minimum Gasteiger partial charge on any atom is -0.444 e. The second-order valence-electron chi connectivity index (χ2n) is 5.95. The Balaban J connectivity index is 2.08. The fourth-order valence-electron chi connectivity index (χ4n) is 2.80. The molecule has 1 amide bonds. The lowest BCUT2D eigenvalue weighted by atomic mass is 10.1. The molecule has 2 aliphatic rings. The Bertz CT molecular complexity index is 298. The Labute approximate surface area is 103 Å². The van der Waals surface area contributed by atoms with Crippen molar-refractivity contribution < 1.29 is 14.3 Å². The van der Waals surface area contributed by atoms with Crippen LogP contribution in [0, 0.1) is 0 Å². The Hall–Kier alpha value is -0.770. The Morgan fingerprint density at radius 3 is 2.76 bits per heavy atom. The number of amides is 1. The van der Waals surface area contributed by atoms with Gasteiger partial charge in [0.2, 0.25) is 0 Å². The summed E-state index contributed by atoms with van der Waals surface area (Å²) >= 11 is 0. The van der Waals surface area contributed by atoms with Crippen LogP contribution in [0.4, 0.5) is 4.79 Å². The Kier molecular flexibility index (Phi) is 3.34. The highest BCUT2D eigenvalue weighted by atomic mass is 16.6. The van der Waals surface area contributed by atoms with E-state index in [1.54, 1.807) is 0 Å². The number of hydrogen-bond acceptors (Lipinski definition) is 3. The van der Waals surface area contributed by atoms with Gasteiger partial charge < -0.3 is 9.47 Å². The molecule has 0 saturated carbocycles. The molecule has 17 heavy (non-hydrogen) atoms. The van der Waals surface area contributed by atoms with Crippen LogP contribution in [-0.2, 0) is 9.47 Å². The molecule has 0 aromatic rings. The molecule has 4 nitrogen and oxygen atoms in total. The van der Waals surface area contributed by atoms with Crippen molar-refractivity contribution in [1.82, 2.24) is 4.90 Å². The van der Waals surface area contributed by atoms with E-state index in [1.165, 1.54) is 0 Å². The van der Waals surface area contributed by atoms with Crippen LogP contribution in [-0.4, -0.2) is 41.4 Å². The van der Waals surface area contributed by atoms with Crippen LogP contribution < -0.4 is 0 Å². The predicted molar refractivity (Wildman–Crippen MR) is 64.9 cm³/mol. The first-order chi connectivity index (χ1) is 7.92. The van der Waals surface area contributed by atoms with Gasteiger partial charge in [0.15, 0.2) is 0 Å². The molecule has 0 spiro atoms. The zero-order chi connectivity index (χ0) is 12.6. The van der Waals surface area contributed by atoms with Crippen molar-refractivity contribution >= 4 is 6.09 Å². The summed E-state index contributed by atoms with van der Waals surface area (Å²) in [5, 5.41) is 0. The number of fused-ring (bicyclic) bond motifs is 1. The summed E-state index contributed by atoms with van der Waals surface area (Å²) in [5.41, 5.74) is -0.424. The molecule has 2 aliphatic heterocycles. The van der Waals surface area contributed by atoms with E-state index in [1.807, 2.05) is 25.7 Å². The average molecular weight is 241 g/mol. The lowest BCUT2D eigenvalue weighted by Crippen LogP contribution is -2.44. The van der Waals surface area contributed by atoms with Gasteiger partial charge in [-0.15, -0.1) is 0 Å². The molecule has 0 aliphatic carbocycles. The lowest BCUT2D eigenvalue weighted by molar-refractivity contribution is 0.0135. The minimum absolute atomic E-state index is 0.178. The summed E-state index contributed by atoms with van der Waals surface area (Å²) in [7, 11) is 0. The van der Waals surface area contributed by atoms with E-state index in [2.05, 4.69) is 6.92 Å². The molecular weight excluding hydrogens is 218 g/mol. The van der Waals surface area contributed by atoms with Gasteiger partial charge in [0, 0.05) is 12.6 Å².